The Morgan fingerprint density at radius 1 is 1.17 bits per heavy atom. The van der Waals surface area contributed by atoms with Gasteiger partial charge >= 0.3 is 12.4 Å². The van der Waals surface area contributed by atoms with E-state index in [4.69, 9.17) is 4.74 Å². The van der Waals surface area contributed by atoms with Crippen molar-refractivity contribution in [2.75, 3.05) is 13.2 Å². The Hall–Kier alpha value is -1.77. The van der Waals surface area contributed by atoms with E-state index in [1.165, 1.54) is 12.1 Å². The summed E-state index contributed by atoms with van der Waals surface area (Å²) in [5.74, 6) is 0.397. The van der Waals surface area contributed by atoms with Crippen LogP contribution in [0.15, 0.2) is 34.6 Å². The molecule has 1 heterocycles. The lowest BCUT2D eigenvalue weighted by Gasteiger charge is -2.11. The number of nitrogens with one attached hydrogen (secondary N) is 2. The number of ether oxygens (including phenoxy) is 1. The van der Waals surface area contributed by atoms with Crippen molar-refractivity contribution in [1.82, 2.24) is 15.6 Å². The first-order valence-electron chi connectivity index (χ1n) is 8.39. The van der Waals surface area contributed by atoms with Crippen LogP contribution in [0.25, 0.3) is 0 Å². The van der Waals surface area contributed by atoms with Crippen molar-refractivity contribution in [2.24, 2.45) is 4.99 Å². The summed E-state index contributed by atoms with van der Waals surface area (Å²) >= 11 is 0.876. The van der Waals surface area contributed by atoms with E-state index in [0.29, 0.717) is 18.1 Å². The monoisotopic (exact) mass is 568 g/mol. The average molecular weight is 568 g/mol. The zero-order chi connectivity index (χ0) is 21.5. The smallest absolute Gasteiger partial charge is 0.434 e. The normalized spacial score (nSPS) is 12.3. The Morgan fingerprint density at radius 3 is 2.50 bits per heavy atom. The van der Waals surface area contributed by atoms with Gasteiger partial charge in [0.25, 0.3) is 0 Å². The van der Waals surface area contributed by atoms with Crippen LogP contribution in [0, 0.1) is 0 Å². The lowest BCUT2D eigenvalue weighted by Crippen LogP contribution is -2.36. The number of hydrogen-bond acceptors (Lipinski definition) is 4. The van der Waals surface area contributed by atoms with Crippen LogP contribution in [0.4, 0.5) is 26.3 Å². The fourth-order valence-corrected chi connectivity index (χ4v) is 2.83. The van der Waals surface area contributed by atoms with Gasteiger partial charge in [-0.15, -0.1) is 35.3 Å². The van der Waals surface area contributed by atoms with Crippen LogP contribution >= 0.6 is 35.3 Å². The summed E-state index contributed by atoms with van der Waals surface area (Å²) in [5, 5.41) is 6.98. The highest BCUT2D eigenvalue weighted by molar-refractivity contribution is 14.0. The van der Waals surface area contributed by atoms with Crippen molar-refractivity contribution in [3.8, 4) is 5.75 Å². The second-order valence-corrected chi connectivity index (χ2v) is 6.67. The standard InChI is InChI=1S/C17H18F6N4OS.HI/c1-2-24-15(26-8-14-27-13(9-29-14)17(21,22)23)25-7-11-4-3-5-12(6-11)28-10-16(18,19)20;/h3-6,9H,2,7-8,10H2,1H3,(H2,24,25,26);1H. The maximum Gasteiger partial charge on any atom is 0.434 e. The number of aliphatic imine (C=N–C) groups is 1. The van der Waals surface area contributed by atoms with Crippen LogP contribution in [0.3, 0.4) is 0 Å². The van der Waals surface area contributed by atoms with E-state index in [2.05, 4.69) is 20.6 Å². The number of halogens is 7. The first kappa shape index (κ1) is 26.3. The predicted octanol–water partition coefficient (Wildman–Crippen LogP) is 4.98. The molecule has 1 aromatic carbocycles. The van der Waals surface area contributed by atoms with Gasteiger partial charge in [0.1, 0.15) is 10.8 Å². The fraction of sp³-hybridized carbons (Fsp3) is 0.412. The number of thiazole rings is 1. The maximum atomic E-state index is 12.6. The van der Waals surface area contributed by atoms with Gasteiger partial charge in [-0.05, 0) is 24.6 Å². The predicted molar refractivity (Wildman–Crippen MR) is 112 cm³/mol. The van der Waals surface area contributed by atoms with Gasteiger partial charge in [-0.2, -0.15) is 26.3 Å². The molecule has 1 aromatic heterocycles. The highest BCUT2D eigenvalue weighted by atomic mass is 127. The molecular formula is C17H19F6IN4OS. The summed E-state index contributed by atoms with van der Waals surface area (Å²) in [5.41, 5.74) is -0.340. The van der Waals surface area contributed by atoms with Gasteiger partial charge in [0.2, 0.25) is 0 Å². The van der Waals surface area contributed by atoms with Crippen molar-refractivity contribution in [2.45, 2.75) is 32.4 Å². The van der Waals surface area contributed by atoms with Gasteiger partial charge in [0.05, 0.1) is 13.1 Å². The van der Waals surface area contributed by atoms with E-state index in [-0.39, 0.29) is 47.8 Å². The first-order valence-corrected chi connectivity index (χ1v) is 9.27. The van der Waals surface area contributed by atoms with E-state index < -0.39 is 24.7 Å². The summed E-state index contributed by atoms with van der Waals surface area (Å²) in [6, 6.07) is 6.06. The van der Waals surface area contributed by atoms with Gasteiger partial charge in [-0.3, -0.25) is 0 Å². The van der Waals surface area contributed by atoms with Crippen LogP contribution in [0.5, 0.6) is 5.75 Å². The molecule has 0 amide bonds. The third-order valence-electron chi connectivity index (χ3n) is 3.31. The number of alkyl halides is 6. The topological polar surface area (TPSA) is 58.5 Å². The van der Waals surface area contributed by atoms with Crippen LogP contribution < -0.4 is 15.4 Å². The molecule has 168 valence electrons. The van der Waals surface area contributed by atoms with Gasteiger partial charge in [0.15, 0.2) is 18.3 Å². The maximum absolute atomic E-state index is 12.6. The fourth-order valence-electron chi connectivity index (χ4n) is 2.09. The molecule has 2 N–H and O–H groups in total. The quantitative estimate of drug-likeness (QED) is 0.214. The van der Waals surface area contributed by atoms with Gasteiger partial charge in [-0.25, -0.2) is 9.98 Å². The zero-order valence-corrected chi connectivity index (χ0v) is 18.7. The summed E-state index contributed by atoms with van der Waals surface area (Å²) < 4.78 is 79.2. The SMILES string of the molecule is CCNC(=NCc1cccc(OCC(F)(F)F)c1)NCc1nc(C(F)(F)F)cs1.I. The first-order chi connectivity index (χ1) is 13.6. The third-order valence-corrected chi connectivity index (χ3v) is 4.16. The van der Waals surface area contributed by atoms with Crippen molar-refractivity contribution in [1.29, 1.82) is 0 Å². The van der Waals surface area contributed by atoms with Crippen LogP contribution in [-0.4, -0.2) is 30.3 Å². The molecule has 2 rings (SSSR count). The van der Waals surface area contributed by atoms with E-state index in [0.717, 1.165) is 16.7 Å². The highest BCUT2D eigenvalue weighted by Gasteiger charge is 2.33. The average Bonchev–Trinajstić information content (AvgIpc) is 3.12. The molecule has 0 aliphatic heterocycles. The number of aromatic nitrogens is 1. The second-order valence-electron chi connectivity index (χ2n) is 5.72. The lowest BCUT2D eigenvalue weighted by molar-refractivity contribution is -0.153. The number of guanidine groups is 1. The minimum Gasteiger partial charge on any atom is -0.484 e. The number of nitrogens with zero attached hydrogens (tertiary/aromatic N) is 2. The van der Waals surface area contributed by atoms with Crippen molar-refractivity contribution < 1.29 is 31.1 Å². The Bertz CT molecular complexity index is 825. The molecule has 0 radical (unpaired) electrons. The van der Waals surface area contributed by atoms with Crippen molar-refractivity contribution in [3.63, 3.8) is 0 Å². The molecule has 0 bridgehead atoms. The summed E-state index contributed by atoms with van der Waals surface area (Å²) in [7, 11) is 0. The molecule has 0 unspecified atom stereocenters. The molecule has 30 heavy (non-hydrogen) atoms. The number of rotatable bonds is 7. The lowest BCUT2D eigenvalue weighted by atomic mass is 10.2. The molecule has 0 fully saturated rings. The van der Waals surface area contributed by atoms with Crippen LogP contribution in [0.2, 0.25) is 0 Å². The van der Waals surface area contributed by atoms with E-state index in [1.807, 2.05) is 6.92 Å². The van der Waals surface area contributed by atoms with Crippen molar-refractivity contribution in [3.05, 3.63) is 45.9 Å². The molecule has 0 saturated carbocycles. The number of hydrogen-bond donors (Lipinski definition) is 2. The molecule has 0 aliphatic rings. The van der Waals surface area contributed by atoms with Crippen molar-refractivity contribution >= 4 is 41.3 Å². The molecule has 0 aliphatic carbocycles. The summed E-state index contributed by atoms with van der Waals surface area (Å²) in [6.07, 6.45) is -8.93. The second kappa shape index (κ2) is 11.6. The largest absolute Gasteiger partial charge is 0.484 e. The minimum atomic E-state index is -4.49. The molecule has 0 spiro atoms. The third kappa shape index (κ3) is 9.36. The Kier molecular flexibility index (Phi) is 10.1. The Morgan fingerprint density at radius 2 is 1.90 bits per heavy atom. The van der Waals surface area contributed by atoms with Gasteiger partial charge in [0, 0.05) is 11.9 Å². The van der Waals surface area contributed by atoms with Crippen LogP contribution in [-0.2, 0) is 19.3 Å². The molecule has 0 atom stereocenters. The van der Waals surface area contributed by atoms with Crippen LogP contribution in [0.1, 0.15) is 23.2 Å². The van der Waals surface area contributed by atoms with E-state index >= 15 is 0 Å². The van der Waals surface area contributed by atoms with E-state index in [1.54, 1.807) is 12.1 Å². The molecule has 0 saturated heterocycles. The number of benzene rings is 1. The summed E-state index contributed by atoms with van der Waals surface area (Å²) in [6.45, 7) is 1.10. The summed E-state index contributed by atoms with van der Waals surface area (Å²) in [4.78, 5) is 7.80. The molecule has 5 nitrogen and oxygen atoms in total. The highest BCUT2D eigenvalue weighted by Crippen LogP contribution is 2.29. The van der Waals surface area contributed by atoms with Gasteiger partial charge < -0.3 is 15.4 Å². The molecule has 2 aromatic rings. The zero-order valence-electron chi connectivity index (χ0n) is 15.6. The Balaban J connectivity index is 0.00000450. The Labute approximate surface area is 190 Å². The van der Waals surface area contributed by atoms with Gasteiger partial charge in [-0.1, -0.05) is 12.1 Å². The molecular weight excluding hydrogens is 549 g/mol. The minimum absolute atomic E-state index is 0. The van der Waals surface area contributed by atoms with E-state index in [9.17, 15) is 26.3 Å². The molecule has 13 heteroatoms.